The van der Waals surface area contributed by atoms with Gasteiger partial charge in [-0.1, -0.05) is 12.5 Å². The highest BCUT2D eigenvalue weighted by Gasteiger charge is 2.38. The monoisotopic (exact) mass is 315 g/mol. The van der Waals surface area contributed by atoms with E-state index in [1.807, 2.05) is 35.0 Å². The van der Waals surface area contributed by atoms with E-state index < -0.39 is 0 Å². The van der Waals surface area contributed by atoms with Gasteiger partial charge in [0.05, 0.1) is 24.6 Å². The second kappa shape index (κ2) is 6.81. The standard InChI is InChI=1S/C17H21N3O3/c1-23-17(22)14-6-4-5-13(14)16(21)18-9-8-12-11-20-10-3-2-7-15(20)19-12/h2-3,7,10-11,13-14H,4-6,8-9H2,1H3,(H,18,21)/t13-,14-/m1/s1. The second-order valence-electron chi connectivity index (χ2n) is 5.91. The highest BCUT2D eigenvalue weighted by molar-refractivity contribution is 5.85. The van der Waals surface area contributed by atoms with Crippen LogP contribution in [0, 0.1) is 11.8 Å². The van der Waals surface area contributed by atoms with Crippen molar-refractivity contribution in [3.05, 3.63) is 36.3 Å². The molecule has 6 nitrogen and oxygen atoms in total. The fraction of sp³-hybridized carbons (Fsp3) is 0.471. The summed E-state index contributed by atoms with van der Waals surface area (Å²) in [4.78, 5) is 28.5. The molecule has 2 heterocycles. The number of rotatable bonds is 5. The van der Waals surface area contributed by atoms with Crippen LogP contribution >= 0.6 is 0 Å². The van der Waals surface area contributed by atoms with Crippen LogP contribution in [0.3, 0.4) is 0 Å². The second-order valence-corrected chi connectivity index (χ2v) is 5.91. The van der Waals surface area contributed by atoms with Gasteiger partial charge in [-0.3, -0.25) is 9.59 Å². The van der Waals surface area contributed by atoms with Gasteiger partial charge in [0, 0.05) is 25.4 Å². The number of hydrogen-bond acceptors (Lipinski definition) is 4. The van der Waals surface area contributed by atoms with E-state index >= 15 is 0 Å². The molecule has 0 unspecified atom stereocenters. The molecule has 0 radical (unpaired) electrons. The molecule has 23 heavy (non-hydrogen) atoms. The lowest BCUT2D eigenvalue weighted by atomic mass is 9.95. The Labute approximate surface area is 134 Å². The van der Waals surface area contributed by atoms with Gasteiger partial charge in [0.1, 0.15) is 5.65 Å². The molecule has 0 saturated heterocycles. The normalized spacial score (nSPS) is 20.6. The van der Waals surface area contributed by atoms with Gasteiger partial charge in [-0.2, -0.15) is 0 Å². The molecule has 1 fully saturated rings. The number of aromatic nitrogens is 2. The van der Waals surface area contributed by atoms with E-state index in [1.165, 1.54) is 7.11 Å². The van der Waals surface area contributed by atoms with Gasteiger partial charge in [0.15, 0.2) is 0 Å². The Morgan fingerprint density at radius 3 is 2.96 bits per heavy atom. The van der Waals surface area contributed by atoms with E-state index in [1.54, 1.807) is 0 Å². The lowest BCUT2D eigenvalue weighted by Gasteiger charge is -2.16. The Kier molecular flexibility index (Phi) is 4.60. The molecule has 2 aromatic rings. The highest BCUT2D eigenvalue weighted by atomic mass is 16.5. The molecule has 0 spiro atoms. The van der Waals surface area contributed by atoms with E-state index in [-0.39, 0.29) is 23.7 Å². The van der Waals surface area contributed by atoms with Crippen molar-refractivity contribution in [1.29, 1.82) is 0 Å². The van der Waals surface area contributed by atoms with Crippen LogP contribution in [0.4, 0.5) is 0 Å². The van der Waals surface area contributed by atoms with Crippen molar-refractivity contribution in [1.82, 2.24) is 14.7 Å². The van der Waals surface area contributed by atoms with Crippen molar-refractivity contribution in [2.24, 2.45) is 11.8 Å². The summed E-state index contributed by atoms with van der Waals surface area (Å²) in [6.07, 6.45) is 6.96. The molecule has 0 bridgehead atoms. The van der Waals surface area contributed by atoms with Crippen molar-refractivity contribution in [3.63, 3.8) is 0 Å². The molecular weight excluding hydrogens is 294 g/mol. The number of carbonyl (C=O) groups excluding carboxylic acids is 2. The summed E-state index contributed by atoms with van der Waals surface area (Å²) in [5.41, 5.74) is 1.84. The van der Waals surface area contributed by atoms with E-state index in [0.717, 1.165) is 30.6 Å². The molecule has 0 aromatic carbocycles. The zero-order valence-corrected chi connectivity index (χ0v) is 13.2. The number of methoxy groups -OCH3 is 1. The minimum Gasteiger partial charge on any atom is -0.469 e. The number of imidazole rings is 1. The minimum atomic E-state index is -0.296. The molecule has 2 atom stereocenters. The van der Waals surface area contributed by atoms with Crippen LogP contribution in [0.1, 0.15) is 25.0 Å². The first-order chi connectivity index (χ1) is 11.2. The van der Waals surface area contributed by atoms with Gasteiger partial charge in [-0.15, -0.1) is 0 Å². The number of fused-ring (bicyclic) bond motifs is 1. The smallest absolute Gasteiger partial charge is 0.309 e. The maximum absolute atomic E-state index is 12.3. The van der Waals surface area contributed by atoms with Crippen molar-refractivity contribution in [3.8, 4) is 0 Å². The number of ether oxygens (including phenoxy) is 1. The molecule has 2 aromatic heterocycles. The number of esters is 1. The largest absolute Gasteiger partial charge is 0.469 e. The summed E-state index contributed by atoms with van der Waals surface area (Å²) >= 11 is 0. The number of nitrogens with one attached hydrogen (secondary N) is 1. The fourth-order valence-electron chi connectivity index (χ4n) is 3.26. The molecule has 1 aliphatic rings. The highest BCUT2D eigenvalue weighted by Crippen LogP contribution is 2.32. The quantitative estimate of drug-likeness (QED) is 0.850. The molecule has 0 aliphatic heterocycles. The summed E-state index contributed by atoms with van der Waals surface area (Å²) in [5, 5.41) is 2.93. The predicted octanol–water partition coefficient (Wildman–Crippen LogP) is 1.58. The average molecular weight is 315 g/mol. The van der Waals surface area contributed by atoms with Crippen molar-refractivity contribution in [2.45, 2.75) is 25.7 Å². The van der Waals surface area contributed by atoms with Crippen molar-refractivity contribution in [2.75, 3.05) is 13.7 Å². The number of amides is 1. The minimum absolute atomic E-state index is 0.0540. The molecule has 1 aliphatic carbocycles. The number of nitrogens with zero attached hydrogens (tertiary/aromatic N) is 2. The Morgan fingerprint density at radius 2 is 2.17 bits per heavy atom. The maximum Gasteiger partial charge on any atom is 0.309 e. The Hall–Kier alpha value is -2.37. The predicted molar refractivity (Wildman–Crippen MR) is 84.8 cm³/mol. The zero-order valence-electron chi connectivity index (χ0n) is 13.2. The van der Waals surface area contributed by atoms with Gasteiger partial charge >= 0.3 is 5.97 Å². The molecule has 122 valence electrons. The Balaban J connectivity index is 1.53. The summed E-state index contributed by atoms with van der Waals surface area (Å²) in [7, 11) is 1.37. The number of hydrogen-bond donors (Lipinski definition) is 1. The average Bonchev–Trinajstić information content (AvgIpc) is 3.20. The van der Waals surface area contributed by atoms with Crippen LogP contribution < -0.4 is 5.32 Å². The molecule has 1 saturated carbocycles. The van der Waals surface area contributed by atoms with Crippen molar-refractivity contribution < 1.29 is 14.3 Å². The van der Waals surface area contributed by atoms with Gasteiger partial charge in [0.25, 0.3) is 0 Å². The molecule has 1 N–H and O–H groups in total. The van der Waals surface area contributed by atoms with Crippen LogP contribution in [0.15, 0.2) is 30.6 Å². The third-order valence-corrected chi connectivity index (χ3v) is 4.45. The third kappa shape index (κ3) is 3.36. The topological polar surface area (TPSA) is 72.7 Å². The summed E-state index contributed by atoms with van der Waals surface area (Å²) in [6.45, 7) is 0.521. The number of pyridine rings is 1. The maximum atomic E-state index is 12.3. The van der Waals surface area contributed by atoms with Gasteiger partial charge in [0.2, 0.25) is 5.91 Å². The van der Waals surface area contributed by atoms with E-state index in [4.69, 9.17) is 4.74 Å². The summed E-state index contributed by atoms with van der Waals surface area (Å²) in [5.74, 6) is -0.886. The third-order valence-electron chi connectivity index (χ3n) is 4.45. The van der Waals surface area contributed by atoms with E-state index in [0.29, 0.717) is 13.0 Å². The van der Waals surface area contributed by atoms with Gasteiger partial charge in [-0.25, -0.2) is 4.98 Å². The van der Waals surface area contributed by atoms with Gasteiger partial charge in [-0.05, 0) is 25.0 Å². The van der Waals surface area contributed by atoms with E-state index in [9.17, 15) is 9.59 Å². The lowest BCUT2D eigenvalue weighted by molar-refractivity contribution is -0.149. The first-order valence-electron chi connectivity index (χ1n) is 7.97. The fourth-order valence-corrected chi connectivity index (χ4v) is 3.26. The summed E-state index contributed by atoms with van der Waals surface area (Å²) in [6, 6.07) is 5.84. The summed E-state index contributed by atoms with van der Waals surface area (Å²) < 4.78 is 6.75. The lowest BCUT2D eigenvalue weighted by Crippen LogP contribution is -2.36. The van der Waals surface area contributed by atoms with Crippen LogP contribution in [-0.4, -0.2) is 34.9 Å². The Morgan fingerprint density at radius 1 is 1.35 bits per heavy atom. The number of carbonyl (C=O) groups is 2. The Bertz CT molecular complexity index is 677. The molecule has 6 heteroatoms. The van der Waals surface area contributed by atoms with Crippen LogP contribution in [-0.2, 0) is 20.7 Å². The van der Waals surface area contributed by atoms with E-state index in [2.05, 4.69) is 10.3 Å². The van der Waals surface area contributed by atoms with Crippen LogP contribution in [0.25, 0.3) is 5.65 Å². The molecule has 1 amide bonds. The van der Waals surface area contributed by atoms with Crippen molar-refractivity contribution >= 4 is 17.5 Å². The first kappa shape index (κ1) is 15.5. The zero-order chi connectivity index (χ0) is 16.2. The SMILES string of the molecule is COC(=O)[C@@H]1CCC[C@H]1C(=O)NCCc1cn2ccccc2n1. The molecular formula is C17H21N3O3. The van der Waals surface area contributed by atoms with Crippen LogP contribution in [0.2, 0.25) is 0 Å². The van der Waals surface area contributed by atoms with Crippen LogP contribution in [0.5, 0.6) is 0 Å². The first-order valence-corrected chi connectivity index (χ1v) is 7.97. The molecule has 3 rings (SSSR count). The van der Waals surface area contributed by atoms with Gasteiger partial charge < -0.3 is 14.5 Å².